The number of rotatable bonds is 11. The number of benzene rings is 3. The predicted octanol–water partition coefficient (Wildman–Crippen LogP) is 4.25. The molecule has 1 aliphatic rings. The van der Waals surface area contributed by atoms with Gasteiger partial charge in [-0.25, -0.2) is 8.42 Å². The van der Waals surface area contributed by atoms with Gasteiger partial charge in [-0.05, 0) is 55.3 Å². The van der Waals surface area contributed by atoms with Gasteiger partial charge in [-0.15, -0.1) is 0 Å². The highest BCUT2D eigenvalue weighted by Gasteiger charge is 2.34. The van der Waals surface area contributed by atoms with Crippen molar-refractivity contribution >= 4 is 39.1 Å². The van der Waals surface area contributed by atoms with E-state index in [0.29, 0.717) is 42.7 Å². The first-order valence-electron chi connectivity index (χ1n) is 13.0. The number of halogens is 1. The van der Waals surface area contributed by atoms with Crippen molar-refractivity contribution in [3.8, 4) is 11.5 Å². The van der Waals surface area contributed by atoms with Crippen LogP contribution in [0.2, 0.25) is 5.02 Å². The van der Waals surface area contributed by atoms with Gasteiger partial charge in [0.25, 0.3) is 10.0 Å². The molecule has 0 fully saturated rings. The zero-order valence-electron chi connectivity index (χ0n) is 22.4. The van der Waals surface area contributed by atoms with E-state index in [9.17, 15) is 18.0 Å². The smallest absolute Gasteiger partial charge is 0.264 e. The fourth-order valence-corrected chi connectivity index (χ4v) is 5.99. The summed E-state index contributed by atoms with van der Waals surface area (Å²) >= 11 is 6.05. The number of carbonyl (C=O) groups excluding carboxylic acids is 2. The highest BCUT2D eigenvalue weighted by Crippen LogP contribution is 2.36. The molecular formula is C29H32ClN3O6S. The van der Waals surface area contributed by atoms with Gasteiger partial charge in [0.05, 0.1) is 10.6 Å². The van der Waals surface area contributed by atoms with Crippen molar-refractivity contribution in [1.29, 1.82) is 0 Å². The number of anilines is 1. The molecule has 3 aromatic carbocycles. The Kier molecular flexibility index (Phi) is 9.54. The van der Waals surface area contributed by atoms with Crippen LogP contribution >= 0.6 is 11.6 Å². The van der Waals surface area contributed by atoms with Crippen molar-refractivity contribution in [2.45, 2.75) is 37.8 Å². The summed E-state index contributed by atoms with van der Waals surface area (Å²) in [5, 5.41) is 3.32. The Morgan fingerprint density at radius 2 is 1.62 bits per heavy atom. The van der Waals surface area contributed by atoms with Gasteiger partial charge in [0, 0.05) is 24.2 Å². The summed E-state index contributed by atoms with van der Waals surface area (Å²) < 4.78 is 40.2. The molecule has 4 rings (SSSR count). The zero-order valence-corrected chi connectivity index (χ0v) is 24.0. The molecule has 0 spiro atoms. The van der Waals surface area contributed by atoms with Gasteiger partial charge in [-0.1, -0.05) is 48.9 Å². The minimum Gasteiger partial charge on any atom is -0.486 e. The first-order valence-corrected chi connectivity index (χ1v) is 14.9. The maximum Gasteiger partial charge on any atom is 0.264 e. The Morgan fingerprint density at radius 3 is 2.27 bits per heavy atom. The SMILES string of the molecule is CCNC(=O)C(CC)N(Cc1ccc(Cl)cc1)C(=O)CN(c1ccc2c(c1)OCCO2)S(=O)(=O)c1ccccc1. The Morgan fingerprint density at radius 1 is 0.950 bits per heavy atom. The number of ether oxygens (including phenoxy) is 2. The summed E-state index contributed by atoms with van der Waals surface area (Å²) in [6.45, 7) is 4.25. The van der Waals surface area contributed by atoms with Crippen LogP contribution in [0.25, 0.3) is 0 Å². The third-order valence-corrected chi connectivity index (χ3v) is 8.47. The largest absolute Gasteiger partial charge is 0.486 e. The summed E-state index contributed by atoms with van der Waals surface area (Å²) in [4.78, 5) is 28.5. The zero-order chi connectivity index (χ0) is 28.7. The average Bonchev–Trinajstić information content (AvgIpc) is 2.97. The quantitative estimate of drug-likeness (QED) is 0.361. The third-order valence-electron chi connectivity index (χ3n) is 6.43. The van der Waals surface area contributed by atoms with E-state index in [1.165, 1.54) is 17.0 Å². The van der Waals surface area contributed by atoms with Gasteiger partial charge >= 0.3 is 0 Å². The molecule has 2 amide bonds. The Hall–Kier alpha value is -3.76. The summed E-state index contributed by atoms with van der Waals surface area (Å²) in [5.74, 6) is 0.0211. The minimum absolute atomic E-state index is 0.0257. The highest BCUT2D eigenvalue weighted by molar-refractivity contribution is 7.92. The molecule has 0 bridgehead atoms. The first-order chi connectivity index (χ1) is 19.2. The van der Waals surface area contributed by atoms with Crippen molar-refractivity contribution in [3.05, 3.63) is 83.4 Å². The standard InChI is InChI=1S/C29H32ClN3O6S/c1-3-25(29(35)31-4-2)32(19-21-10-12-22(30)13-11-21)28(34)20-33(40(36,37)24-8-6-5-7-9-24)23-14-15-26-27(18-23)39-17-16-38-26/h5-15,18,25H,3-4,16-17,19-20H2,1-2H3,(H,31,35). The molecule has 11 heteroatoms. The van der Waals surface area contributed by atoms with Gasteiger partial charge in [0.1, 0.15) is 25.8 Å². The molecule has 1 unspecified atom stereocenters. The van der Waals surface area contributed by atoms with E-state index in [1.807, 2.05) is 0 Å². The van der Waals surface area contributed by atoms with Gasteiger partial charge in [-0.3, -0.25) is 13.9 Å². The first kappa shape index (κ1) is 29.2. The van der Waals surface area contributed by atoms with E-state index >= 15 is 0 Å². The van der Waals surface area contributed by atoms with Crippen molar-refractivity contribution in [1.82, 2.24) is 10.2 Å². The number of nitrogens with zero attached hydrogens (tertiary/aromatic N) is 2. The number of likely N-dealkylation sites (N-methyl/N-ethyl adjacent to an activating group) is 1. The second-order valence-electron chi connectivity index (χ2n) is 9.12. The van der Waals surface area contributed by atoms with E-state index in [-0.39, 0.29) is 23.0 Å². The summed E-state index contributed by atoms with van der Waals surface area (Å²) in [7, 11) is -4.18. The number of nitrogens with one attached hydrogen (secondary N) is 1. The summed E-state index contributed by atoms with van der Waals surface area (Å²) in [6, 6.07) is 18.8. The molecule has 0 saturated carbocycles. The predicted molar refractivity (Wildman–Crippen MR) is 153 cm³/mol. The second-order valence-corrected chi connectivity index (χ2v) is 11.4. The van der Waals surface area contributed by atoms with Crippen LogP contribution in [-0.2, 0) is 26.2 Å². The van der Waals surface area contributed by atoms with Crippen LogP contribution < -0.4 is 19.1 Å². The third kappa shape index (κ3) is 6.68. The van der Waals surface area contributed by atoms with Crippen LogP contribution in [0.4, 0.5) is 5.69 Å². The van der Waals surface area contributed by atoms with Crippen molar-refractivity contribution in [2.75, 3.05) is 30.6 Å². The Bertz CT molecular complexity index is 1430. The summed E-state index contributed by atoms with van der Waals surface area (Å²) in [5.41, 5.74) is 0.983. The lowest BCUT2D eigenvalue weighted by molar-refractivity contribution is -0.140. The van der Waals surface area contributed by atoms with E-state index in [1.54, 1.807) is 74.5 Å². The van der Waals surface area contributed by atoms with E-state index in [4.69, 9.17) is 21.1 Å². The average molecular weight is 586 g/mol. The lowest BCUT2D eigenvalue weighted by Crippen LogP contribution is -2.52. The molecule has 0 saturated heterocycles. The molecule has 9 nitrogen and oxygen atoms in total. The molecule has 1 atom stereocenters. The second kappa shape index (κ2) is 13.1. The van der Waals surface area contributed by atoms with Crippen LogP contribution in [-0.4, -0.2) is 57.5 Å². The van der Waals surface area contributed by atoms with E-state index < -0.39 is 28.5 Å². The van der Waals surface area contributed by atoms with E-state index in [2.05, 4.69) is 5.32 Å². The van der Waals surface area contributed by atoms with Gasteiger partial charge in [0.2, 0.25) is 11.8 Å². The fraction of sp³-hybridized carbons (Fsp3) is 0.310. The van der Waals surface area contributed by atoms with Crippen LogP contribution in [0.1, 0.15) is 25.8 Å². The number of sulfonamides is 1. The number of fused-ring (bicyclic) bond motifs is 1. The molecule has 0 aromatic heterocycles. The monoisotopic (exact) mass is 585 g/mol. The lowest BCUT2D eigenvalue weighted by Gasteiger charge is -2.33. The normalized spacial score (nSPS) is 13.3. The number of carbonyl (C=O) groups is 2. The molecule has 0 aliphatic carbocycles. The van der Waals surface area contributed by atoms with Gasteiger partial charge in [0.15, 0.2) is 11.5 Å². The number of hydrogen-bond donors (Lipinski definition) is 1. The topological polar surface area (TPSA) is 105 Å². The van der Waals surface area contributed by atoms with Crippen LogP contribution in [0.15, 0.2) is 77.7 Å². The minimum atomic E-state index is -4.18. The molecule has 212 valence electrons. The maximum absolute atomic E-state index is 14.0. The van der Waals surface area contributed by atoms with Crippen molar-refractivity contribution in [2.24, 2.45) is 0 Å². The Balaban J connectivity index is 1.75. The molecule has 1 N–H and O–H groups in total. The molecule has 40 heavy (non-hydrogen) atoms. The van der Waals surface area contributed by atoms with Crippen LogP contribution in [0, 0.1) is 0 Å². The molecular weight excluding hydrogens is 554 g/mol. The van der Waals surface area contributed by atoms with Gasteiger partial charge in [-0.2, -0.15) is 0 Å². The Labute approximate surface area is 239 Å². The van der Waals surface area contributed by atoms with Crippen molar-refractivity contribution in [3.63, 3.8) is 0 Å². The van der Waals surface area contributed by atoms with Crippen LogP contribution in [0.5, 0.6) is 11.5 Å². The van der Waals surface area contributed by atoms with E-state index in [0.717, 1.165) is 9.87 Å². The van der Waals surface area contributed by atoms with Crippen LogP contribution in [0.3, 0.4) is 0 Å². The molecule has 0 radical (unpaired) electrons. The molecule has 3 aromatic rings. The van der Waals surface area contributed by atoms with Crippen molar-refractivity contribution < 1.29 is 27.5 Å². The lowest BCUT2D eigenvalue weighted by atomic mass is 10.1. The number of hydrogen-bond acceptors (Lipinski definition) is 6. The highest BCUT2D eigenvalue weighted by atomic mass is 35.5. The molecule has 1 heterocycles. The number of amides is 2. The van der Waals surface area contributed by atoms with Gasteiger partial charge < -0.3 is 19.7 Å². The molecule has 1 aliphatic heterocycles. The summed E-state index contributed by atoms with van der Waals surface area (Å²) in [6.07, 6.45) is 0.334. The fourth-order valence-electron chi connectivity index (χ4n) is 4.43. The maximum atomic E-state index is 14.0.